The molecule has 0 unspecified atom stereocenters. The third-order valence-electron chi connectivity index (χ3n) is 2.39. The molecular weight excluding hydrogens is 210 g/mol. The molecule has 0 amide bonds. The number of nitriles is 1. The van der Waals surface area contributed by atoms with Crippen LogP contribution in [-0.2, 0) is 0 Å². The molecule has 0 aliphatic heterocycles. The molecule has 1 aromatic carbocycles. The van der Waals surface area contributed by atoms with Crippen molar-refractivity contribution in [3.05, 3.63) is 66.0 Å². The second-order valence-electron chi connectivity index (χ2n) is 3.48. The van der Waals surface area contributed by atoms with Gasteiger partial charge >= 0.3 is 0 Å². The van der Waals surface area contributed by atoms with Crippen LogP contribution < -0.4 is 5.73 Å². The van der Waals surface area contributed by atoms with Crippen LogP contribution >= 0.6 is 0 Å². The van der Waals surface area contributed by atoms with E-state index in [1.165, 1.54) is 0 Å². The van der Waals surface area contributed by atoms with Crippen LogP contribution in [0.15, 0.2) is 54.7 Å². The molecule has 1 aromatic heterocycles. The smallest absolute Gasteiger partial charge is 0.104 e. The van der Waals surface area contributed by atoms with Gasteiger partial charge in [-0.25, -0.2) is 0 Å². The SMILES string of the molecule is N#CC(=C(N)c1ccccc1)c1ccccn1. The number of allylic oxidation sites excluding steroid dienone is 1. The molecule has 3 heteroatoms. The van der Waals surface area contributed by atoms with Crippen molar-refractivity contribution in [3.8, 4) is 6.07 Å². The number of rotatable bonds is 2. The lowest BCUT2D eigenvalue weighted by molar-refractivity contribution is 1.28. The normalized spacial score (nSPS) is 11.5. The van der Waals surface area contributed by atoms with Crippen LogP contribution in [0, 0.1) is 11.3 Å². The van der Waals surface area contributed by atoms with Crippen LogP contribution in [0.1, 0.15) is 11.3 Å². The van der Waals surface area contributed by atoms with E-state index in [4.69, 9.17) is 5.73 Å². The second-order valence-corrected chi connectivity index (χ2v) is 3.48. The molecule has 0 aliphatic rings. The summed E-state index contributed by atoms with van der Waals surface area (Å²) in [5.41, 5.74) is 8.27. The predicted molar refractivity (Wildman–Crippen MR) is 67.3 cm³/mol. The molecule has 2 rings (SSSR count). The molecular formula is C14H11N3. The third-order valence-corrected chi connectivity index (χ3v) is 2.39. The van der Waals surface area contributed by atoms with Crippen molar-refractivity contribution in [2.75, 3.05) is 0 Å². The summed E-state index contributed by atoms with van der Waals surface area (Å²) in [6.07, 6.45) is 1.64. The molecule has 0 saturated heterocycles. The maximum atomic E-state index is 9.18. The minimum absolute atomic E-state index is 0.400. The lowest BCUT2D eigenvalue weighted by Gasteiger charge is -2.05. The molecule has 0 aliphatic carbocycles. The molecule has 0 spiro atoms. The molecule has 0 atom stereocenters. The summed E-state index contributed by atoms with van der Waals surface area (Å²) in [4.78, 5) is 4.14. The zero-order valence-electron chi connectivity index (χ0n) is 9.17. The first-order valence-electron chi connectivity index (χ1n) is 5.19. The van der Waals surface area contributed by atoms with Gasteiger partial charge in [-0.3, -0.25) is 4.98 Å². The van der Waals surface area contributed by atoms with Crippen molar-refractivity contribution in [1.29, 1.82) is 5.26 Å². The highest BCUT2D eigenvalue weighted by Gasteiger charge is 2.08. The zero-order valence-corrected chi connectivity index (χ0v) is 9.17. The number of hydrogen-bond acceptors (Lipinski definition) is 3. The summed E-state index contributed by atoms with van der Waals surface area (Å²) in [5.74, 6) is 0. The van der Waals surface area contributed by atoms with E-state index in [1.54, 1.807) is 18.3 Å². The fourth-order valence-electron chi connectivity index (χ4n) is 1.53. The summed E-state index contributed by atoms with van der Waals surface area (Å²) < 4.78 is 0. The monoisotopic (exact) mass is 221 g/mol. The van der Waals surface area contributed by atoms with E-state index in [9.17, 15) is 5.26 Å². The molecule has 0 radical (unpaired) electrons. The number of benzene rings is 1. The van der Waals surface area contributed by atoms with E-state index < -0.39 is 0 Å². The quantitative estimate of drug-likeness (QED) is 0.792. The molecule has 2 aromatic rings. The van der Waals surface area contributed by atoms with Crippen LogP contribution in [0.3, 0.4) is 0 Å². The Bertz CT molecular complexity index is 565. The summed E-state index contributed by atoms with van der Waals surface area (Å²) in [7, 11) is 0. The lowest BCUT2D eigenvalue weighted by Crippen LogP contribution is -2.01. The predicted octanol–water partition coefficient (Wildman–Crippen LogP) is 2.43. The van der Waals surface area contributed by atoms with E-state index in [1.807, 2.05) is 36.4 Å². The number of pyridine rings is 1. The van der Waals surface area contributed by atoms with E-state index >= 15 is 0 Å². The van der Waals surface area contributed by atoms with Crippen LogP contribution in [0.25, 0.3) is 11.3 Å². The van der Waals surface area contributed by atoms with E-state index in [0.29, 0.717) is 17.0 Å². The van der Waals surface area contributed by atoms with Crippen molar-refractivity contribution in [2.24, 2.45) is 5.73 Å². The fraction of sp³-hybridized carbons (Fsp3) is 0. The molecule has 0 bridgehead atoms. The molecule has 3 nitrogen and oxygen atoms in total. The highest BCUT2D eigenvalue weighted by atomic mass is 14.7. The Morgan fingerprint density at radius 2 is 1.76 bits per heavy atom. The molecule has 0 fully saturated rings. The molecule has 0 saturated carbocycles. The van der Waals surface area contributed by atoms with Gasteiger partial charge in [-0.2, -0.15) is 5.26 Å². The average molecular weight is 221 g/mol. The Morgan fingerprint density at radius 3 is 2.35 bits per heavy atom. The Morgan fingerprint density at radius 1 is 1.06 bits per heavy atom. The van der Waals surface area contributed by atoms with Gasteiger partial charge in [0.2, 0.25) is 0 Å². The zero-order chi connectivity index (χ0) is 12.1. The Labute approximate surface area is 99.8 Å². The standard InChI is InChI=1S/C14H11N3/c15-10-12(13-8-4-5-9-17-13)14(16)11-6-2-1-3-7-11/h1-9H,16H2. The lowest BCUT2D eigenvalue weighted by atomic mass is 10.0. The van der Waals surface area contributed by atoms with Crippen molar-refractivity contribution in [2.45, 2.75) is 0 Å². The number of hydrogen-bond donors (Lipinski definition) is 1. The van der Waals surface area contributed by atoms with Crippen LogP contribution in [0.2, 0.25) is 0 Å². The van der Waals surface area contributed by atoms with Crippen LogP contribution in [0.5, 0.6) is 0 Å². The van der Waals surface area contributed by atoms with Crippen molar-refractivity contribution in [3.63, 3.8) is 0 Å². The first kappa shape index (κ1) is 10.9. The summed E-state index contributed by atoms with van der Waals surface area (Å²) in [6.45, 7) is 0. The minimum Gasteiger partial charge on any atom is -0.397 e. The van der Waals surface area contributed by atoms with Gasteiger partial charge in [0.05, 0.1) is 11.4 Å². The average Bonchev–Trinajstić information content (AvgIpc) is 2.42. The van der Waals surface area contributed by atoms with Crippen molar-refractivity contribution in [1.82, 2.24) is 4.98 Å². The highest BCUT2D eigenvalue weighted by Crippen LogP contribution is 2.19. The third kappa shape index (κ3) is 2.32. The minimum atomic E-state index is 0.400. The van der Waals surface area contributed by atoms with E-state index in [0.717, 1.165) is 5.56 Å². The summed E-state index contributed by atoms with van der Waals surface area (Å²) in [6, 6.07) is 16.9. The molecule has 82 valence electrons. The van der Waals surface area contributed by atoms with Gasteiger partial charge in [0.1, 0.15) is 11.6 Å². The van der Waals surface area contributed by atoms with Crippen LogP contribution in [0.4, 0.5) is 0 Å². The Kier molecular flexibility index (Phi) is 3.18. The van der Waals surface area contributed by atoms with Gasteiger partial charge in [-0.1, -0.05) is 36.4 Å². The first-order chi connectivity index (χ1) is 8.33. The topological polar surface area (TPSA) is 62.7 Å². The number of nitrogens with two attached hydrogens (primary N) is 1. The molecule has 17 heavy (non-hydrogen) atoms. The second kappa shape index (κ2) is 4.95. The van der Waals surface area contributed by atoms with Crippen molar-refractivity contribution >= 4 is 11.3 Å². The molecule has 2 N–H and O–H groups in total. The largest absolute Gasteiger partial charge is 0.397 e. The van der Waals surface area contributed by atoms with E-state index in [2.05, 4.69) is 11.1 Å². The van der Waals surface area contributed by atoms with Gasteiger partial charge < -0.3 is 5.73 Å². The summed E-state index contributed by atoms with van der Waals surface area (Å²) in [5, 5.41) is 9.18. The van der Waals surface area contributed by atoms with Crippen molar-refractivity contribution < 1.29 is 0 Å². The van der Waals surface area contributed by atoms with Gasteiger partial charge in [0.25, 0.3) is 0 Å². The van der Waals surface area contributed by atoms with E-state index in [-0.39, 0.29) is 0 Å². The van der Waals surface area contributed by atoms with Gasteiger partial charge in [-0.15, -0.1) is 0 Å². The Hall–Kier alpha value is -2.60. The molecule has 1 heterocycles. The maximum absolute atomic E-state index is 9.18. The van der Waals surface area contributed by atoms with Gasteiger partial charge in [0.15, 0.2) is 0 Å². The first-order valence-corrected chi connectivity index (χ1v) is 5.19. The Balaban J connectivity index is 2.53. The summed E-state index contributed by atoms with van der Waals surface area (Å²) >= 11 is 0. The number of nitrogens with zero attached hydrogens (tertiary/aromatic N) is 2. The highest BCUT2D eigenvalue weighted by molar-refractivity contribution is 5.94. The van der Waals surface area contributed by atoms with Gasteiger partial charge in [0, 0.05) is 6.20 Å². The fourth-order valence-corrected chi connectivity index (χ4v) is 1.53. The maximum Gasteiger partial charge on any atom is 0.104 e. The number of aromatic nitrogens is 1. The van der Waals surface area contributed by atoms with Crippen LogP contribution in [-0.4, -0.2) is 4.98 Å². The van der Waals surface area contributed by atoms with Gasteiger partial charge in [-0.05, 0) is 17.7 Å².